The first-order valence-corrected chi connectivity index (χ1v) is 11.0. The fourth-order valence-corrected chi connectivity index (χ4v) is 4.09. The lowest BCUT2D eigenvalue weighted by atomic mass is 10.2. The lowest BCUT2D eigenvalue weighted by Gasteiger charge is -2.17. The van der Waals surface area contributed by atoms with Gasteiger partial charge in [-0.2, -0.15) is 18.3 Å². The average Bonchev–Trinajstić information content (AvgIpc) is 3.47. The lowest BCUT2D eigenvalue weighted by Crippen LogP contribution is -2.28. The minimum atomic E-state index is -4.53. The number of hydrogen-bond acceptors (Lipinski definition) is 5. The van der Waals surface area contributed by atoms with Gasteiger partial charge in [0.2, 0.25) is 11.8 Å². The normalized spacial score (nSPS) is 14.0. The van der Waals surface area contributed by atoms with Crippen LogP contribution in [0.5, 0.6) is 0 Å². The maximum atomic E-state index is 13.1. The topological polar surface area (TPSA) is 102 Å². The molecule has 184 valence electrons. The molecule has 5 rings (SSSR count). The van der Waals surface area contributed by atoms with E-state index in [1.165, 1.54) is 18.3 Å². The molecule has 2 aromatic carbocycles. The van der Waals surface area contributed by atoms with Crippen LogP contribution in [-0.4, -0.2) is 37.7 Å². The third-order valence-corrected chi connectivity index (χ3v) is 5.80. The standard InChI is InChI=1S/C24H19F3N6O3/c25-24(26,27)15-4-1-7-18(10-15)33-22-19(12-29-33)23(36)31(14-28-22)13-20(34)30-16-5-2-6-17(11-16)32-9-3-8-21(32)35/h1-2,4-7,10-12,14H,3,8-9,13H2,(H,30,34). The largest absolute Gasteiger partial charge is 0.416 e. The number of hydrogen-bond donors (Lipinski definition) is 1. The average molecular weight is 496 g/mol. The molecule has 0 bridgehead atoms. The molecule has 0 atom stereocenters. The maximum Gasteiger partial charge on any atom is 0.416 e. The van der Waals surface area contributed by atoms with Crippen LogP contribution in [0.25, 0.3) is 16.7 Å². The summed E-state index contributed by atoms with van der Waals surface area (Å²) in [4.78, 5) is 43.3. The SMILES string of the molecule is O=C(Cn1cnc2c(cnn2-c2cccc(C(F)(F)F)c2)c1=O)Nc1cccc(N2CCCC2=O)c1. The monoisotopic (exact) mass is 496 g/mol. The summed E-state index contributed by atoms with van der Waals surface area (Å²) in [6.45, 7) is 0.273. The molecule has 1 fully saturated rings. The van der Waals surface area contributed by atoms with Crippen molar-refractivity contribution in [1.29, 1.82) is 0 Å². The van der Waals surface area contributed by atoms with E-state index in [9.17, 15) is 27.6 Å². The van der Waals surface area contributed by atoms with Gasteiger partial charge in [0.05, 0.1) is 17.4 Å². The van der Waals surface area contributed by atoms with Crippen molar-refractivity contribution in [3.05, 3.63) is 77.0 Å². The molecule has 4 aromatic rings. The Labute approximate surface area is 201 Å². The number of amides is 2. The highest BCUT2D eigenvalue weighted by atomic mass is 19.4. The minimum absolute atomic E-state index is 0.0232. The van der Waals surface area contributed by atoms with Crippen LogP contribution in [0, 0.1) is 0 Å². The number of halogens is 3. The van der Waals surface area contributed by atoms with E-state index in [-0.39, 0.29) is 29.2 Å². The number of alkyl halides is 3. The zero-order valence-corrected chi connectivity index (χ0v) is 18.7. The van der Waals surface area contributed by atoms with Gasteiger partial charge in [0.25, 0.3) is 5.56 Å². The molecule has 0 aliphatic carbocycles. The summed E-state index contributed by atoms with van der Waals surface area (Å²) in [6, 6.07) is 11.4. The summed E-state index contributed by atoms with van der Waals surface area (Å²) < 4.78 is 41.5. The number of carbonyl (C=O) groups excluding carboxylic acids is 2. The first kappa shape index (κ1) is 23.3. The van der Waals surface area contributed by atoms with Crippen molar-refractivity contribution >= 4 is 34.2 Å². The second kappa shape index (κ2) is 8.95. The summed E-state index contributed by atoms with van der Waals surface area (Å²) in [5, 5.41) is 6.79. The molecular weight excluding hydrogens is 477 g/mol. The van der Waals surface area contributed by atoms with Crippen LogP contribution < -0.4 is 15.8 Å². The van der Waals surface area contributed by atoms with E-state index in [4.69, 9.17) is 0 Å². The summed E-state index contributed by atoms with van der Waals surface area (Å²) in [6.07, 6.45) is -0.918. The quantitative estimate of drug-likeness (QED) is 0.457. The van der Waals surface area contributed by atoms with Gasteiger partial charge in [0.1, 0.15) is 18.3 Å². The predicted octanol–water partition coefficient (Wildman–Crippen LogP) is 3.37. The Hall–Kier alpha value is -4.48. The zero-order valence-electron chi connectivity index (χ0n) is 18.7. The van der Waals surface area contributed by atoms with Crippen molar-refractivity contribution in [2.75, 3.05) is 16.8 Å². The highest BCUT2D eigenvalue weighted by molar-refractivity contribution is 5.97. The Bertz CT molecular complexity index is 1540. The second-order valence-electron chi connectivity index (χ2n) is 8.27. The Kier molecular flexibility index (Phi) is 5.78. The van der Waals surface area contributed by atoms with Gasteiger partial charge in [-0.3, -0.25) is 19.0 Å². The van der Waals surface area contributed by atoms with E-state index < -0.39 is 23.2 Å². The molecule has 12 heteroatoms. The third-order valence-electron chi connectivity index (χ3n) is 5.80. The maximum absolute atomic E-state index is 13.1. The van der Waals surface area contributed by atoms with E-state index in [0.29, 0.717) is 24.3 Å². The molecule has 0 radical (unpaired) electrons. The highest BCUT2D eigenvalue weighted by Crippen LogP contribution is 2.30. The molecular formula is C24H19F3N6O3. The number of aromatic nitrogens is 4. The smallest absolute Gasteiger partial charge is 0.324 e. The molecule has 2 amide bonds. The van der Waals surface area contributed by atoms with Gasteiger partial charge in [-0.1, -0.05) is 12.1 Å². The van der Waals surface area contributed by atoms with Crippen LogP contribution in [0.2, 0.25) is 0 Å². The molecule has 2 aromatic heterocycles. The molecule has 0 unspecified atom stereocenters. The Morgan fingerprint density at radius 3 is 2.58 bits per heavy atom. The van der Waals surface area contributed by atoms with Crippen molar-refractivity contribution in [1.82, 2.24) is 19.3 Å². The number of benzene rings is 2. The fraction of sp³-hybridized carbons (Fsp3) is 0.208. The Balaban J connectivity index is 1.36. The summed E-state index contributed by atoms with van der Waals surface area (Å²) in [5.74, 6) is -0.469. The van der Waals surface area contributed by atoms with Gasteiger partial charge in [0.15, 0.2) is 5.65 Å². The van der Waals surface area contributed by atoms with E-state index in [1.807, 2.05) is 0 Å². The van der Waals surface area contributed by atoms with Crippen LogP contribution in [0.15, 0.2) is 65.8 Å². The van der Waals surface area contributed by atoms with Crippen LogP contribution in [-0.2, 0) is 22.3 Å². The van der Waals surface area contributed by atoms with E-state index >= 15 is 0 Å². The van der Waals surface area contributed by atoms with Gasteiger partial charge in [-0.25, -0.2) is 9.67 Å². The summed E-state index contributed by atoms with van der Waals surface area (Å²) in [5.41, 5.74) is -0.108. The third kappa shape index (κ3) is 4.44. The second-order valence-corrected chi connectivity index (χ2v) is 8.27. The minimum Gasteiger partial charge on any atom is -0.324 e. The van der Waals surface area contributed by atoms with Gasteiger partial charge in [-0.15, -0.1) is 0 Å². The molecule has 9 nitrogen and oxygen atoms in total. The first-order valence-electron chi connectivity index (χ1n) is 11.0. The summed E-state index contributed by atoms with van der Waals surface area (Å²) >= 11 is 0. The van der Waals surface area contributed by atoms with Gasteiger partial charge >= 0.3 is 6.18 Å². The lowest BCUT2D eigenvalue weighted by molar-refractivity contribution is -0.137. The number of carbonyl (C=O) groups is 2. The van der Waals surface area contributed by atoms with Crippen molar-refractivity contribution in [2.24, 2.45) is 0 Å². The van der Waals surface area contributed by atoms with Crippen molar-refractivity contribution in [3.8, 4) is 5.69 Å². The molecule has 1 N–H and O–H groups in total. The van der Waals surface area contributed by atoms with Crippen LogP contribution >= 0.6 is 0 Å². The number of rotatable bonds is 5. The Morgan fingerprint density at radius 2 is 1.83 bits per heavy atom. The van der Waals surface area contributed by atoms with Gasteiger partial charge in [-0.05, 0) is 42.8 Å². The molecule has 1 aliphatic heterocycles. The van der Waals surface area contributed by atoms with E-state index in [1.54, 1.807) is 29.2 Å². The number of nitrogens with zero attached hydrogens (tertiary/aromatic N) is 5. The van der Waals surface area contributed by atoms with Crippen LogP contribution in [0.3, 0.4) is 0 Å². The molecule has 36 heavy (non-hydrogen) atoms. The van der Waals surface area contributed by atoms with Gasteiger partial charge in [0, 0.05) is 24.3 Å². The molecule has 1 aliphatic rings. The first-order chi connectivity index (χ1) is 17.2. The zero-order chi connectivity index (χ0) is 25.4. The van der Waals surface area contributed by atoms with Crippen molar-refractivity contribution < 1.29 is 22.8 Å². The number of anilines is 2. The highest BCUT2D eigenvalue weighted by Gasteiger charge is 2.30. The van der Waals surface area contributed by atoms with E-state index in [2.05, 4.69) is 15.4 Å². The van der Waals surface area contributed by atoms with E-state index in [0.717, 1.165) is 34.1 Å². The van der Waals surface area contributed by atoms with Crippen LogP contribution in [0.4, 0.5) is 24.5 Å². The summed E-state index contributed by atoms with van der Waals surface area (Å²) in [7, 11) is 0. The molecule has 1 saturated heterocycles. The predicted molar refractivity (Wildman–Crippen MR) is 125 cm³/mol. The molecule has 3 heterocycles. The van der Waals surface area contributed by atoms with Gasteiger partial charge < -0.3 is 10.2 Å². The molecule has 0 spiro atoms. The Morgan fingerprint density at radius 1 is 1.06 bits per heavy atom. The fourth-order valence-electron chi connectivity index (χ4n) is 4.09. The number of nitrogens with one attached hydrogen (secondary N) is 1. The van der Waals surface area contributed by atoms with Crippen LogP contribution in [0.1, 0.15) is 18.4 Å². The van der Waals surface area contributed by atoms with Crippen molar-refractivity contribution in [2.45, 2.75) is 25.6 Å². The molecule has 0 saturated carbocycles. The number of fused-ring (bicyclic) bond motifs is 1. The van der Waals surface area contributed by atoms with Crippen molar-refractivity contribution in [3.63, 3.8) is 0 Å².